The highest BCUT2D eigenvalue weighted by molar-refractivity contribution is 7.91. The van der Waals surface area contributed by atoms with Crippen LogP contribution in [-0.2, 0) is 17.7 Å². The molecule has 0 aliphatic rings. The van der Waals surface area contributed by atoms with Crippen molar-refractivity contribution in [3.8, 4) is 5.75 Å². The first-order chi connectivity index (χ1) is 15.1. The van der Waals surface area contributed by atoms with Crippen molar-refractivity contribution in [2.24, 2.45) is 0 Å². The number of carboxylic acids is 1. The Bertz CT molecular complexity index is 1120. The van der Waals surface area contributed by atoms with E-state index in [0.717, 1.165) is 21.9 Å². The molecule has 1 unspecified atom stereocenters. The molecule has 0 saturated heterocycles. The van der Waals surface area contributed by atoms with Gasteiger partial charge in [-0.15, -0.1) is 0 Å². The molecule has 0 spiro atoms. The lowest BCUT2D eigenvalue weighted by Gasteiger charge is -2.13. The number of anilines is 1. The molecule has 0 radical (unpaired) electrons. The highest BCUT2D eigenvalue weighted by atomic mass is 35.5. The average molecular weight is 475 g/mol. The number of hydrogen-bond donors (Lipinski definition) is 2. The van der Waals surface area contributed by atoms with Crippen molar-refractivity contribution in [3.63, 3.8) is 0 Å². The van der Waals surface area contributed by atoms with Gasteiger partial charge in [0.15, 0.2) is 9.79 Å². The van der Waals surface area contributed by atoms with E-state index in [4.69, 9.17) is 22.1 Å². The zero-order valence-corrected chi connectivity index (χ0v) is 20.1. The van der Waals surface area contributed by atoms with E-state index in [1.54, 1.807) is 42.7 Å². The molecule has 2 aromatic carbocycles. The SMILES string of the molecule is Cc1cc(OCCCn2c(C)c([S+]([O-])c3ccc(N)cc3)c(C)c2C(=O)O)cc(C)c1Cl. The molecule has 6 nitrogen and oxygen atoms in total. The fourth-order valence-electron chi connectivity index (χ4n) is 3.81. The van der Waals surface area contributed by atoms with Gasteiger partial charge in [-0.3, -0.25) is 0 Å². The van der Waals surface area contributed by atoms with Crippen LogP contribution in [0.3, 0.4) is 0 Å². The summed E-state index contributed by atoms with van der Waals surface area (Å²) in [5.74, 6) is -0.315. The summed E-state index contributed by atoms with van der Waals surface area (Å²) in [5.41, 5.74) is 9.53. The first kappa shape index (κ1) is 24.0. The lowest BCUT2D eigenvalue weighted by atomic mass is 10.1. The van der Waals surface area contributed by atoms with Crippen molar-refractivity contribution in [2.75, 3.05) is 12.3 Å². The smallest absolute Gasteiger partial charge is 0.352 e. The number of rotatable bonds is 8. The standard InChI is InChI=1S/C24H27ClN2O4S/c1-14-12-19(13-15(2)21(14)25)31-11-5-10-27-17(4)23(16(3)22(27)24(28)29)32(30)20-8-6-18(26)7-9-20/h6-9,12-13H,5,10-11,26H2,1-4H3,(H,28,29). The van der Waals surface area contributed by atoms with Crippen LogP contribution in [0.25, 0.3) is 0 Å². The van der Waals surface area contributed by atoms with Gasteiger partial charge < -0.3 is 24.7 Å². The molecular weight excluding hydrogens is 448 g/mol. The molecule has 170 valence electrons. The number of ether oxygens (including phenoxy) is 1. The summed E-state index contributed by atoms with van der Waals surface area (Å²) < 4.78 is 20.8. The van der Waals surface area contributed by atoms with E-state index in [1.165, 1.54) is 0 Å². The number of carbonyl (C=O) groups is 1. The van der Waals surface area contributed by atoms with E-state index in [9.17, 15) is 14.5 Å². The molecule has 3 N–H and O–H groups in total. The molecular formula is C24H27ClN2O4S. The van der Waals surface area contributed by atoms with E-state index >= 15 is 0 Å². The van der Waals surface area contributed by atoms with Gasteiger partial charge >= 0.3 is 5.97 Å². The predicted octanol–water partition coefficient (Wildman–Crippen LogP) is 5.29. The number of nitrogens with two attached hydrogens (primary N) is 1. The minimum Gasteiger partial charge on any atom is -0.606 e. The number of hydrogen-bond acceptors (Lipinski definition) is 4. The zero-order valence-electron chi connectivity index (χ0n) is 18.6. The number of nitrogens with zero attached hydrogens (tertiary/aromatic N) is 1. The van der Waals surface area contributed by atoms with Crippen LogP contribution in [0, 0.1) is 27.7 Å². The molecule has 0 aliphatic carbocycles. The Morgan fingerprint density at radius 3 is 2.31 bits per heavy atom. The second-order valence-electron chi connectivity index (χ2n) is 7.76. The summed E-state index contributed by atoms with van der Waals surface area (Å²) in [4.78, 5) is 13.1. The Kier molecular flexibility index (Phi) is 7.44. The Labute approximate surface area is 196 Å². The summed E-state index contributed by atoms with van der Waals surface area (Å²) in [6, 6.07) is 10.5. The second kappa shape index (κ2) is 9.90. The first-order valence-electron chi connectivity index (χ1n) is 10.2. The number of aromatic carboxylic acids is 1. The van der Waals surface area contributed by atoms with Crippen LogP contribution in [0.4, 0.5) is 5.69 Å². The molecule has 8 heteroatoms. The molecule has 1 atom stereocenters. The topological polar surface area (TPSA) is 101 Å². The third kappa shape index (κ3) is 4.90. The molecule has 3 rings (SSSR count). The van der Waals surface area contributed by atoms with Crippen LogP contribution >= 0.6 is 11.6 Å². The van der Waals surface area contributed by atoms with E-state index in [2.05, 4.69) is 0 Å². The first-order valence-corrected chi connectivity index (χ1v) is 11.7. The van der Waals surface area contributed by atoms with Gasteiger partial charge in [0, 0.05) is 34.0 Å². The van der Waals surface area contributed by atoms with E-state index in [-0.39, 0.29) is 5.69 Å². The molecule has 0 fully saturated rings. The van der Waals surface area contributed by atoms with Gasteiger partial charge in [0.25, 0.3) is 0 Å². The van der Waals surface area contributed by atoms with Gasteiger partial charge in [-0.2, -0.15) is 0 Å². The van der Waals surface area contributed by atoms with Gasteiger partial charge in [0.1, 0.15) is 11.4 Å². The highest BCUT2D eigenvalue weighted by Gasteiger charge is 2.30. The van der Waals surface area contributed by atoms with E-state index in [1.807, 2.05) is 26.0 Å². The Hall–Kier alpha value is -2.61. The summed E-state index contributed by atoms with van der Waals surface area (Å²) in [5, 5.41) is 10.5. The number of benzene rings is 2. The van der Waals surface area contributed by atoms with Crippen molar-refractivity contribution >= 4 is 34.4 Å². The summed E-state index contributed by atoms with van der Waals surface area (Å²) >= 11 is 4.69. The van der Waals surface area contributed by atoms with Gasteiger partial charge in [-0.05, 0) is 81.6 Å². The summed E-state index contributed by atoms with van der Waals surface area (Å²) in [7, 11) is 0. The maximum Gasteiger partial charge on any atom is 0.352 e. The molecule has 0 aliphatic heterocycles. The molecule has 1 aromatic heterocycles. The van der Waals surface area contributed by atoms with Crippen molar-refractivity contribution in [1.29, 1.82) is 0 Å². The minimum absolute atomic E-state index is 0.152. The van der Waals surface area contributed by atoms with Crippen LogP contribution in [0.2, 0.25) is 5.02 Å². The van der Waals surface area contributed by atoms with Gasteiger partial charge in [-0.25, -0.2) is 4.79 Å². The second-order valence-corrected chi connectivity index (χ2v) is 9.55. The van der Waals surface area contributed by atoms with Gasteiger partial charge in [0.2, 0.25) is 0 Å². The third-order valence-corrected chi connectivity index (χ3v) is 7.65. The number of aromatic nitrogens is 1. The Morgan fingerprint density at radius 1 is 1.16 bits per heavy atom. The van der Waals surface area contributed by atoms with Gasteiger partial charge in [-0.1, -0.05) is 11.6 Å². The van der Waals surface area contributed by atoms with Crippen molar-refractivity contribution in [1.82, 2.24) is 4.57 Å². The molecule has 32 heavy (non-hydrogen) atoms. The molecule has 1 heterocycles. The summed E-state index contributed by atoms with van der Waals surface area (Å²) in [6.07, 6.45) is 0.587. The zero-order chi connectivity index (χ0) is 23.6. The van der Waals surface area contributed by atoms with Crippen LogP contribution < -0.4 is 10.5 Å². The lowest BCUT2D eigenvalue weighted by Crippen LogP contribution is -2.13. The van der Waals surface area contributed by atoms with Crippen molar-refractivity contribution in [3.05, 3.63) is 69.5 Å². The lowest BCUT2D eigenvalue weighted by molar-refractivity contribution is 0.0683. The van der Waals surface area contributed by atoms with E-state index in [0.29, 0.717) is 46.3 Å². The van der Waals surface area contributed by atoms with Crippen LogP contribution in [0.5, 0.6) is 5.75 Å². The van der Waals surface area contributed by atoms with Crippen LogP contribution in [0.1, 0.15) is 39.3 Å². The average Bonchev–Trinajstić information content (AvgIpc) is 2.99. The number of nitrogen functional groups attached to an aromatic ring is 1. The molecule has 0 amide bonds. The molecule has 0 saturated carbocycles. The van der Waals surface area contributed by atoms with Gasteiger partial charge in [0.05, 0.1) is 12.3 Å². The summed E-state index contributed by atoms with van der Waals surface area (Å²) in [6.45, 7) is 8.20. The highest BCUT2D eigenvalue weighted by Crippen LogP contribution is 2.32. The Balaban J connectivity index is 1.79. The fraction of sp³-hybridized carbons (Fsp3) is 0.292. The largest absolute Gasteiger partial charge is 0.606 e. The normalized spacial score (nSPS) is 12.1. The molecule has 0 bridgehead atoms. The maximum absolute atomic E-state index is 13.2. The number of aryl methyl sites for hydroxylation is 2. The number of carboxylic acid groups (broad SMARTS) is 1. The van der Waals surface area contributed by atoms with Crippen molar-refractivity contribution < 1.29 is 19.2 Å². The van der Waals surface area contributed by atoms with Crippen LogP contribution in [0.15, 0.2) is 46.2 Å². The van der Waals surface area contributed by atoms with Crippen molar-refractivity contribution in [2.45, 2.75) is 50.5 Å². The number of halogens is 1. The quantitative estimate of drug-likeness (QED) is 0.262. The minimum atomic E-state index is -1.51. The monoisotopic (exact) mass is 474 g/mol. The molecule has 3 aromatic rings. The Morgan fingerprint density at radius 2 is 1.75 bits per heavy atom. The fourth-order valence-corrected chi connectivity index (χ4v) is 5.29. The third-order valence-electron chi connectivity index (χ3n) is 5.39. The predicted molar refractivity (Wildman–Crippen MR) is 127 cm³/mol. The maximum atomic E-state index is 13.2. The van der Waals surface area contributed by atoms with E-state index < -0.39 is 17.1 Å². The van der Waals surface area contributed by atoms with Crippen LogP contribution in [-0.4, -0.2) is 26.8 Å².